The Kier molecular flexibility index (Phi) is 7.19. The van der Waals surface area contributed by atoms with E-state index in [-0.39, 0.29) is 11.8 Å². The number of hydrogen-bond donors (Lipinski definition) is 2. The molecule has 0 bridgehead atoms. The molecule has 2 aromatic carbocycles. The molecule has 0 aliphatic carbocycles. The molecule has 6 heteroatoms. The number of anilines is 1. The van der Waals surface area contributed by atoms with Crippen LogP contribution in [-0.4, -0.2) is 32.1 Å². The van der Waals surface area contributed by atoms with Crippen LogP contribution in [0.15, 0.2) is 54.6 Å². The molecular formula is C19H19ClN2O3. The molecule has 0 fully saturated rings. The molecule has 0 aromatic heterocycles. The van der Waals surface area contributed by atoms with Crippen molar-refractivity contribution in [3.05, 3.63) is 70.8 Å². The van der Waals surface area contributed by atoms with Crippen LogP contribution in [0.4, 0.5) is 5.69 Å². The molecule has 0 radical (unpaired) electrons. The first-order valence-electron chi connectivity index (χ1n) is 7.71. The van der Waals surface area contributed by atoms with Crippen LogP contribution in [0.25, 0.3) is 6.08 Å². The number of nitrogens with one attached hydrogen (secondary N) is 2. The van der Waals surface area contributed by atoms with Crippen molar-refractivity contribution >= 4 is 35.2 Å². The van der Waals surface area contributed by atoms with Gasteiger partial charge in [0.1, 0.15) is 0 Å². The van der Waals surface area contributed by atoms with Crippen molar-refractivity contribution in [1.82, 2.24) is 5.32 Å². The highest BCUT2D eigenvalue weighted by atomic mass is 35.5. The SMILES string of the molecule is COCCNC(=O)c1ccc(NC(=O)/C=C/c2ccccc2Cl)cc1. The monoisotopic (exact) mass is 358 g/mol. The van der Waals surface area contributed by atoms with Crippen LogP contribution in [0.5, 0.6) is 0 Å². The lowest BCUT2D eigenvalue weighted by molar-refractivity contribution is -0.111. The fraction of sp³-hybridized carbons (Fsp3) is 0.158. The van der Waals surface area contributed by atoms with E-state index in [0.29, 0.717) is 29.4 Å². The van der Waals surface area contributed by atoms with Crippen LogP contribution in [0, 0.1) is 0 Å². The molecule has 5 nitrogen and oxygen atoms in total. The van der Waals surface area contributed by atoms with Gasteiger partial charge in [-0.15, -0.1) is 0 Å². The fourth-order valence-corrected chi connectivity index (χ4v) is 2.23. The highest BCUT2D eigenvalue weighted by Gasteiger charge is 2.05. The molecule has 0 atom stereocenters. The molecule has 0 saturated carbocycles. The predicted molar refractivity (Wildman–Crippen MR) is 99.8 cm³/mol. The average molecular weight is 359 g/mol. The largest absolute Gasteiger partial charge is 0.383 e. The van der Waals surface area contributed by atoms with E-state index >= 15 is 0 Å². The van der Waals surface area contributed by atoms with E-state index in [1.54, 1.807) is 43.5 Å². The Balaban J connectivity index is 1.91. The van der Waals surface area contributed by atoms with E-state index in [0.717, 1.165) is 5.56 Å². The van der Waals surface area contributed by atoms with Crippen LogP contribution in [0.1, 0.15) is 15.9 Å². The first-order valence-corrected chi connectivity index (χ1v) is 8.09. The van der Waals surface area contributed by atoms with E-state index in [9.17, 15) is 9.59 Å². The van der Waals surface area contributed by atoms with E-state index < -0.39 is 0 Å². The van der Waals surface area contributed by atoms with Gasteiger partial charge in [-0.2, -0.15) is 0 Å². The molecule has 0 aliphatic rings. The molecule has 0 spiro atoms. The first kappa shape index (κ1) is 18.7. The third-order valence-electron chi connectivity index (χ3n) is 3.33. The van der Waals surface area contributed by atoms with Crippen molar-refractivity contribution < 1.29 is 14.3 Å². The highest BCUT2D eigenvalue weighted by molar-refractivity contribution is 6.32. The second-order valence-electron chi connectivity index (χ2n) is 5.17. The second kappa shape index (κ2) is 9.61. The predicted octanol–water partition coefficient (Wildman–Crippen LogP) is 3.37. The molecule has 2 rings (SSSR count). The third-order valence-corrected chi connectivity index (χ3v) is 3.67. The molecule has 2 aromatic rings. The smallest absolute Gasteiger partial charge is 0.251 e. The molecular weight excluding hydrogens is 340 g/mol. The van der Waals surface area contributed by atoms with Crippen LogP contribution < -0.4 is 10.6 Å². The summed E-state index contributed by atoms with van der Waals surface area (Å²) >= 11 is 6.03. The topological polar surface area (TPSA) is 67.4 Å². The van der Waals surface area contributed by atoms with Crippen molar-refractivity contribution in [1.29, 1.82) is 0 Å². The normalized spacial score (nSPS) is 10.6. The summed E-state index contributed by atoms with van der Waals surface area (Å²) in [6, 6.07) is 13.9. The van der Waals surface area contributed by atoms with Gasteiger partial charge in [-0.3, -0.25) is 9.59 Å². The van der Waals surface area contributed by atoms with Crippen LogP contribution >= 0.6 is 11.6 Å². The summed E-state index contributed by atoms with van der Waals surface area (Å²) in [6.45, 7) is 0.901. The zero-order chi connectivity index (χ0) is 18.1. The summed E-state index contributed by atoms with van der Waals surface area (Å²) in [4.78, 5) is 23.8. The van der Waals surface area contributed by atoms with Gasteiger partial charge >= 0.3 is 0 Å². The summed E-state index contributed by atoms with van der Waals surface area (Å²) in [5.41, 5.74) is 1.88. The first-order chi connectivity index (χ1) is 12.1. The van der Waals surface area contributed by atoms with E-state index in [2.05, 4.69) is 10.6 Å². The van der Waals surface area contributed by atoms with E-state index in [1.165, 1.54) is 6.08 Å². The number of methoxy groups -OCH3 is 1. The van der Waals surface area contributed by atoms with E-state index in [1.807, 2.05) is 18.2 Å². The Morgan fingerprint density at radius 2 is 1.84 bits per heavy atom. The highest BCUT2D eigenvalue weighted by Crippen LogP contribution is 2.16. The number of hydrogen-bond acceptors (Lipinski definition) is 3. The molecule has 0 heterocycles. The molecule has 0 aliphatic heterocycles. The Hall–Kier alpha value is -2.63. The summed E-state index contributed by atoms with van der Waals surface area (Å²) in [5.74, 6) is -0.467. The quantitative estimate of drug-likeness (QED) is 0.589. The Bertz CT molecular complexity index is 758. The van der Waals surface area contributed by atoms with Gasteiger partial charge in [-0.05, 0) is 42.0 Å². The summed E-state index contributed by atoms with van der Waals surface area (Å²) in [7, 11) is 1.57. The van der Waals surface area contributed by atoms with Crippen molar-refractivity contribution in [2.45, 2.75) is 0 Å². The van der Waals surface area contributed by atoms with Gasteiger partial charge < -0.3 is 15.4 Å². The number of rotatable bonds is 7. The van der Waals surface area contributed by atoms with Crippen LogP contribution in [0.2, 0.25) is 5.02 Å². The van der Waals surface area contributed by atoms with Gasteiger partial charge in [0, 0.05) is 36.0 Å². The lowest BCUT2D eigenvalue weighted by Gasteiger charge is -2.06. The van der Waals surface area contributed by atoms with Crippen molar-refractivity contribution in [2.24, 2.45) is 0 Å². The Morgan fingerprint density at radius 1 is 1.12 bits per heavy atom. The molecule has 130 valence electrons. The zero-order valence-corrected chi connectivity index (χ0v) is 14.5. The molecule has 0 unspecified atom stereocenters. The summed E-state index contributed by atoms with van der Waals surface area (Å²) in [6.07, 6.45) is 3.06. The Morgan fingerprint density at radius 3 is 2.52 bits per heavy atom. The number of benzene rings is 2. The zero-order valence-electron chi connectivity index (χ0n) is 13.8. The molecule has 2 N–H and O–H groups in total. The number of halogens is 1. The van der Waals surface area contributed by atoms with Crippen molar-refractivity contribution in [3.63, 3.8) is 0 Å². The molecule has 2 amide bonds. The minimum atomic E-state index is -0.280. The molecule has 25 heavy (non-hydrogen) atoms. The number of carbonyl (C=O) groups is 2. The minimum absolute atomic E-state index is 0.187. The maximum absolute atomic E-state index is 12.0. The van der Waals surface area contributed by atoms with Crippen LogP contribution in [0.3, 0.4) is 0 Å². The number of ether oxygens (including phenoxy) is 1. The lowest BCUT2D eigenvalue weighted by Crippen LogP contribution is -2.26. The van der Waals surface area contributed by atoms with Gasteiger partial charge in [0.15, 0.2) is 0 Å². The van der Waals surface area contributed by atoms with Gasteiger partial charge in [0.25, 0.3) is 5.91 Å². The van der Waals surface area contributed by atoms with Gasteiger partial charge in [0.05, 0.1) is 6.61 Å². The van der Waals surface area contributed by atoms with Crippen molar-refractivity contribution in [3.8, 4) is 0 Å². The maximum Gasteiger partial charge on any atom is 0.251 e. The molecule has 0 saturated heterocycles. The Labute approximate surface area is 151 Å². The standard InChI is InChI=1S/C19H19ClN2O3/c1-25-13-12-21-19(24)15-6-9-16(10-7-15)22-18(23)11-8-14-4-2-3-5-17(14)20/h2-11H,12-13H2,1H3,(H,21,24)(H,22,23)/b11-8+. The third kappa shape index (κ3) is 6.06. The average Bonchev–Trinajstić information content (AvgIpc) is 2.62. The van der Waals surface area contributed by atoms with Gasteiger partial charge in [0.2, 0.25) is 5.91 Å². The second-order valence-corrected chi connectivity index (χ2v) is 5.58. The number of carbonyl (C=O) groups excluding carboxylic acids is 2. The summed E-state index contributed by atoms with van der Waals surface area (Å²) < 4.78 is 4.88. The fourth-order valence-electron chi connectivity index (χ4n) is 2.03. The maximum atomic E-state index is 12.0. The number of amides is 2. The van der Waals surface area contributed by atoms with Gasteiger partial charge in [-0.1, -0.05) is 29.8 Å². The van der Waals surface area contributed by atoms with Crippen LogP contribution in [-0.2, 0) is 9.53 Å². The van der Waals surface area contributed by atoms with Crippen molar-refractivity contribution in [2.75, 3.05) is 25.6 Å². The lowest BCUT2D eigenvalue weighted by atomic mass is 10.2. The van der Waals surface area contributed by atoms with Gasteiger partial charge in [-0.25, -0.2) is 0 Å². The van der Waals surface area contributed by atoms with E-state index in [4.69, 9.17) is 16.3 Å². The minimum Gasteiger partial charge on any atom is -0.383 e. The summed E-state index contributed by atoms with van der Waals surface area (Å²) in [5, 5.41) is 6.04.